The number of ether oxygens (including phenoxy) is 2. The Morgan fingerprint density at radius 3 is 2.64 bits per heavy atom. The molecule has 0 unspecified atom stereocenters. The van der Waals surface area contributed by atoms with Gasteiger partial charge in [-0.05, 0) is 42.8 Å². The van der Waals surface area contributed by atoms with Crippen molar-refractivity contribution in [3.8, 4) is 5.75 Å². The van der Waals surface area contributed by atoms with Crippen molar-refractivity contribution in [1.82, 2.24) is 15.2 Å². The minimum Gasteiger partial charge on any atom is -0.495 e. The van der Waals surface area contributed by atoms with Crippen LogP contribution in [0.2, 0.25) is 5.02 Å². The highest BCUT2D eigenvalue weighted by Crippen LogP contribution is 2.29. The molecule has 0 atom stereocenters. The first-order chi connectivity index (χ1) is 13.5. The van der Waals surface area contributed by atoms with Crippen molar-refractivity contribution in [3.05, 3.63) is 58.7 Å². The summed E-state index contributed by atoms with van der Waals surface area (Å²) in [5, 5.41) is 14.4. The van der Waals surface area contributed by atoms with E-state index >= 15 is 0 Å². The molecule has 1 aromatic heterocycles. The van der Waals surface area contributed by atoms with Crippen molar-refractivity contribution in [2.75, 3.05) is 24.9 Å². The molecule has 0 aliphatic carbocycles. The Balaban J connectivity index is 1.85. The Hall–Kier alpha value is -3.39. The van der Waals surface area contributed by atoms with Crippen LogP contribution in [0, 0.1) is 6.92 Å². The van der Waals surface area contributed by atoms with Gasteiger partial charge >= 0.3 is 5.97 Å². The van der Waals surface area contributed by atoms with E-state index < -0.39 is 5.97 Å². The van der Waals surface area contributed by atoms with Crippen molar-refractivity contribution in [2.24, 2.45) is 0 Å². The number of carbonyl (C=O) groups is 1. The summed E-state index contributed by atoms with van der Waals surface area (Å²) in [6.07, 6.45) is 1.49. The Kier molecular flexibility index (Phi) is 5.90. The predicted octanol–water partition coefficient (Wildman–Crippen LogP) is 4.12. The van der Waals surface area contributed by atoms with Gasteiger partial charge in [-0.2, -0.15) is 10.1 Å². The summed E-state index contributed by atoms with van der Waals surface area (Å²) < 4.78 is 10.1. The molecule has 0 spiro atoms. The second kappa shape index (κ2) is 8.53. The number of anilines is 4. The SMILES string of the molecule is COC(=O)c1ccc(Cl)c(Nc2nncc(Nc3cc(C)ccc3OC)n2)c1. The van der Waals surface area contributed by atoms with E-state index in [0.717, 1.165) is 11.3 Å². The molecule has 2 N–H and O–H groups in total. The molecule has 144 valence electrons. The summed E-state index contributed by atoms with van der Waals surface area (Å²) in [4.78, 5) is 16.1. The number of esters is 1. The average Bonchev–Trinajstić information content (AvgIpc) is 2.69. The average molecular weight is 400 g/mol. The molecule has 28 heavy (non-hydrogen) atoms. The fourth-order valence-electron chi connectivity index (χ4n) is 2.46. The second-order valence-corrected chi connectivity index (χ2v) is 6.21. The van der Waals surface area contributed by atoms with E-state index in [1.165, 1.54) is 13.3 Å². The normalized spacial score (nSPS) is 10.3. The summed E-state index contributed by atoms with van der Waals surface area (Å²) in [5.74, 6) is 0.871. The van der Waals surface area contributed by atoms with Crippen molar-refractivity contribution >= 4 is 40.7 Å². The van der Waals surface area contributed by atoms with Gasteiger partial charge in [-0.15, -0.1) is 5.10 Å². The van der Waals surface area contributed by atoms with Crippen LogP contribution >= 0.6 is 11.6 Å². The van der Waals surface area contributed by atoms with E-state index in [1.54, 1.807) is 25.3 Å². The largest absolute Gasteiger partial charge is 0.495 e. The van der Waals surface area contributed by atoms with E-state index in [4.69, 9.17) is 21.1 Å². The third-order valence-corrected chi connectivity index (χ3v) is 4.14. The maximum atomic E-state index is 11.7. The van der Waals surface area contributed by atoms with Crippen LogP contribution < -0.4 is 15.4 Å². The summed E-state index contributed by atoms with van der Waals surface area (Å²) in [6.45, 7) is 1.98. The topological polar surface area (TPSA) is 98.3 Å². The van der Waals surface area contributed by atoms with Gasteiger partial charge in [-0.3, -0.25) is 0 Å². The molecule has 0 radical (unpaired) electrons. The van der Waals surface area contributed by atoms with Crippen LogP contribution in [0.3, 0.4) is 0 Å². The Bertz CT molecular complexity index is 1010. The molecule has 0 fully saturated rings. The number of benzene rings is 2. The van der Waals surface area contributed by atoms with Gasteiger partial charge in [-0.1, -0.05) is 17.7 Å². The summed E-state index contributed by atoms with van der Waals surface area (Å²) >= 11 is 6.20. The van der Waals surface area contributed by atoms with E-state index in [0.29, 0.717) is 27.8 Å². The predicted molar refractivity (Wildman–Crippen MR) is 107 cm³/mol. The summed E-state index contributed by atoms with van der Waals surface area (Å²) in [6, 6.07) is 10.5. The van der Waals surface area contributed by atoms with Crippen molar-refractivity contribution in [3.63, 3.8) is 0 Å². The minimum absolute atomic E-state index is 0.209. The number of hydrogen-bond acceptors (Lipinski definition) is 8. The van der Waals surface area contributed by atoms with E-state index in [2.05, 4.69) is 25.8 Å². The van der Waals surface area contributed by atoms with Crippen LogP contribution in [0.4, 0.5) is 23.1 Å². The molecule has 0 saturated heterocycles. The number of nitrogens with zero attached hydrogens (tertiary/aromatic N) is 3. The first kappa shape index (κ1) is 19.4. The molecule has 9 heteroatoms. The smallest absolute Gasteiger partial charge is 0.337 e. The lowest BCUT2D eigenvalue weighted by atomic mass is 10.2. The molecule has 0 amide bonds. The van der Waals surface area contributed by atoms with Gasteiger partial charge < -0.3 is 20.1 Å². The zero-order chi connectivity index (χ0) is 20.1. The minimum atomic E-state index is -0.472. The number of aryl methyl sites for hydroxylation is 1. The highest BCUT2D eigenvalue weighted by Gasteiger charge is 2.11. The highest BCUT2D eigenvalue weighted by molar-refractivity contribution is 6.33. The van der Waals surface area contributed by atoms with Crippen molar-refractivity contribution < 1.29 is 14.3 Å². The summed E-state index contributed by atoms with van der Waals surface area (Å²) in [7, 11) is 2.91. The second-order valence-electron chi connectivity index (χ2n) is 5.81. The van der Waals surface area contributed by atoms with Crippen LogP contribution in [-0.4, -0.2) is 35.4 Å². The van der Waals surface area contributed by atoms with E-state index in [1.807, 2.05) is 25.1 Å². The van der Waals surface area contributed by atoms with E-state index in [-0.39, 0.29) is 5.95 Å². The van der Waals surface area contributed by atoms with Gasteiger partial charge in [0, 0.05) is 0 Å². The summed E-state index contributed by atoms with van der Waals surface area (Å²) in [5.41, 5.74) is 2.62. The lowest BCUT2D eigenvalue weighted by Gasteiger charge is -2.12. The molecule has 3 aromatic rings. The third-order valence-electron chi connectivity index (χ3n) is 3.81. The van der Waals surface area contributed by atoms with Gasteiger partial charge in [0.15, 0.2) is 5.82 Å². The number of carbonyl (C=O) groups excluding carboxylic acids is 1. The standard InChI is InChI=1S/C19H18ClN5O3/c1-11-4-7-16(27-2)15(8-11)22-17-10-21-25-19(24-17)23-14-9-12(18(26)28-3)5-6-13(14)20/h4-10H,1-3H3,(H2,22,23,24,25). The Morgan fingerprint density at radius 2 is 1.89 bits per heavy atom. The van der Waals surface area contributed by atoms with Gasteiger partial charge in [-0.25, -0.2) is 4.79 Å². The Morgan fingerprint density at radius 1 is 1.07 bits per heavy atom. The maximum Gasteiger partial charge on any atom is 0.337 e. The van der Waals surface area contributed by atoms with Crippen LogP contribution in [-0.2, 0) is 4.74 Å². The molecule has 0 bridgehead atoms. The maximum absolute atomic E-state index is 11.7. The molecule has 0 saturated carbocycles. The Labute approximate surface area is 166 Å². The number of rotatable bonds is 6. The van der Waals surface area contributed by atoms with Crippen molar-refractivity contribution in [2.45, 2.75) is 6.92 Å². The third kappa shape index (κ3) is 4.47. The molecule has 2 aromatic carbocycles. The molecule has 3 rings (SSSR count). The number of hydrogen-bond donors (Lipinski definition) is 2. The molecule has 8 nitrogen and oxygen atoms in total. The first-order valence-electron chi connectivity index (χ1n) is 8.26. The number of methoxy groups -OCH3 is 2. The van der Waals surface area contributed by atoms with Crippen LogP contribution in [0.1, 0.15) is 15.9 Å². The number of nitrogens with one attached hydrogen (secondary N) is 2. The van der Waals surface area contributed by atoms with Crippen molar-refractivity contribution in [1.29, 1.82) is 0 Å². The highest BCUT2D eigenvalue weighted by atomic mass is 35.5. The first-order valence-corrected chi connectivity index (χ1v) is 8.64. The van der Waals surface area contributed by atoms with Gasteiger partial charge in [0.2, 0.25) is 5.95 Å². The molecular formula is C19H18ClN5O3. The number of halogens is 1. The monoisotopic (exact) mass is 399 g/mol. The quantitative estimate of drug-likeness (QED) is 0.597. The lowest BCUT2D eigenvalue weighted by Crippen LogP contribution is -2.05. The van der Waals surface area contributed by atoms with Gasteiger partial charge in [0.1, 0.15) is 5.75 Å². The fourth-order valence-corrected chi connectivity index (χ4v) is 2.63. The van der Waals surface area contributed by atoms with Gasteiger partial charge in [0.05, 0.1) is 42.4 Å². The molecule has 0 aliphatic heterocycles. The van der Waals surface area contributed by atoms with Crippen LogP contribution in [0.5, 0.6) is 5.75 Å². The van der Waals surface area contributed by atoms with Crippen LogP contribution in [0.25, 0.3) is 0 Å². The zero-order valence-electron chi connectivity index (χ0n) is 15.5. The molecule has 0 aliphatic rings. The molecular weight excluding hydrogens is 382 g/mol. The fraction of sp³-hybridized carbons (Fsp3) is 0.158. The lowest BCUT2D eigenvalue weighted by molar-refractivity contribution is 0.0601. The zero-order valence-corrected chi connectivity index (χ0v) is 16.2. The van der Waals surface area contributed by atoms with Crippen LogP contribution in [0.15, 0.2) is 42.6 Å². The number of aromatic nitrogens is 3. The molecule has 1 heterocycles. The van der Waals surface area contributed by atoms with Gasteiger partial charge in [0.25, 0.3) is 0 Å². The van der Waals surface area contributed by atoms with E-state index in [9.17, 15) is 4.79 Å².